The van der Waals surface area contributed by atoms with Crippen LogP contribution in [-0.4, -0.2) is 289 Å². The topological polar surface area (TPSA) is 381 Å². The molecule has 0 bridgehead atoms. The second-order valence-corrected chi connectivity index (χ2v) is 21.8. The van der Waals surface area contributed by atoms with Crippen LogP contribution in [0.1, 0.15) is 32.6 Å². The standard InChI is InChI=1S/C42H78N2O22S4/c1-2-11-67-12-3-8-58-36-32(53)29(50)24(63-39(36)57)19-61-41-38(60-9-4-13-68-15-6-43)34(55)30(51)25(65-41)20-62-40-37(33(54)28(49)22(17-45)64-40)59-10-5-14-69-16-7-44-26(47)21-70-42-35(56)31(52)27(48)23(18-46)66-42/h22-25,27-42,45-46,48-57H,2-21,43H2,1H3,(H,44,47)/t22-,23?,24-,25-,27-,28-,29-,30-,31+,32+,33+,34+,35?,36-,37-,38-,39+,40+,41+,42-/m1/s1. The average molecular weight is 1090 g/mol. The van der Waals surface area contributed by atoms with E-state index >= 15 is 0 Å². The number of hydrogen-bond acceptors (Lipinski definition) is 27. The average Bonchev–Trinajstić information content (AvgIpc) is 3.35. The zero-order valence-electron chi connectivity index (χ0n) is 39.3. The summed E-state index contributed by atoms with van der Waals surface area (Å²) in [5.41, 5.74) is 4.56. The van der Waals surface area contributed by atoms with Gasteiger partial charge in [-0.25, -0.2) is 0 Å². The Labute approximate surface area is 425 Å². The Hall–Kier alpha value is -0.0100. The van der Waals surface area contributed by atoms with Gasteiger partial charge in [0, 0.05) is 44.4 Å². The Bertz CT molecular complexity index is 1420. The van der Waals surface area contributed by atoms with E-state index in [1.165, 1.54) is 11.8 Å². The number of aliphatic hydroxyl groups is 12. The van der Waals surface area contributed by atoms with E-state index in [1.54, 1.807) is 23.5 Å². The fourth-order valence-corrected chi connectivity index (χ4v) is 11.0. The maximum absolute atomic E-state index is 12.4. The summed E-state index contributed by atoms with van der Waals surface area (Å²) in [4.78, 5) is 12.4. The summed E-state index contributed by atoms with van der Waals surface area (Å²) in [7, 11) is 0. The van der Waals surface area contributed by atoms with Crippen molar-refractivity contribution >= 4 is 53.0 Å². The molecule has 0 aromatic heterocycles. The molecule has 0 spiro atoms. The lowest BCUT2D eigenvalue weighted by Gasteiger charge is -2.45. The van der Waals surface area contributed by atoms with Gasteiger partial charge in [0.1, 0.15) is 103 Å². The first-order valence-corrected chi connectivity index (χ1v) is 28.2. The molecule has 4 aliphatic rings. The Morgan fingerprint density at radius 3 is 1.53 bits per heavy atom. The van der Waals surface area contributed by atoms with Gasteiger partial charge in [0.25, 0.3) is 0 Å². The minimum atomic E-state index is -1.62. The molecule has 4 heterocycles. The SMILES string of the molecule is CCCSCCCO[C@@H]1[C@@H](O)[C@H](O)[C@@H](CO[C@H]2O[C@H](CO[C@H]3O[C@H](CO)[C@@H](O)[C@H](O)[C@H]3OCCCSCCNC(=O)CS[C@H]3OC(CO)[C@@H](O)[C@H](O)C3O)[C@@H](O)[C@H](O)[C@H]2OCCCSCCN)O[C@@H]1O. The third-order valence-corrected chi connectivity index (χ3v) is 16.2. The van der Waals surface area contributed by atoms with Crippen molar-refractivity contribution in [3.05, 3.63) is 0 Å². The smallest absolute Gasteiger partial charge is 0.230 e. The Morgan fingerprint density at radius 1 is 0.529 bits per heavy atom. The van der Waals surface area contributed by atoms with E-state index in [0.717, 1.165) is 35.4 Å². The number of thioether (sulfide) groups is 4. The number of aliphatic hydroxyl groups excluding tert-OH is 12. The van der Waals surface area contributed by atoms with Crippen LogP contribution in [0.4, 0.5) is 0 Å². The number of amides is 1. The molecule has 4 fully saturated rings. The summed E-state index contributed by atoms with van der Waals surface area (Å²) in [5, 5.41) is 129. The van der Waals surface area contributed by atoms with Crippen molar-refractivity contribution in [2.24, 2.45) is 5.73 Å². The second-order valence-electron chi connectivity index (χ2n) is 17.0. The third-order valence-electron chi connectivity index (χ3n) is 11.6. The lowest BCUT2D eigenvalue weighted by atomic mass is 9.97. The van der Waals surface area contributed by atoms with Crippen molar-refractivity contribution in [1.29, 1.82) is 0 Å². The summed E-state index contributed by atoms with van der Waals surface area (Å²) in [6, 6.07) is 0. The first kappa shape index (κ1) is 62.5. The predicted octanol–water partition coefficient (Wildman–Crippen LogP) is -5.11. The van der Waals surface area contributed by atoms with Gasteiger partial charge in [-0.2, -0.15) is 35.3 Å². The Kier molecular flexibility index (Phi) is 30.3. The highest BCUT2D eigenvalue weighted by molar-refractivity contribution is 8.00. The highest BCUT2D eigenvalue weighted by Gasteiger charge is 2.51. The maximum atomic E-state index is 12.4. The number of carbonyl (C=O) groups excluding carboxylic acids is 1. The van der Waals surface area contributed by atoms with Gasteiger partial charge in [0.2, 0.25) is 5.91 Å². The van der Waals surface area contributed by atoms with Crippen LogP contribution in [0.3, 0.4) is 0 Å². The summed E-state index contributed by atoms with van der Waals surface area (Å²) in [6.07, 6.45) is -24.4. The molecule has 4 aliphatic heterocycles. The third kappa shape index (κ3) is 19.2. The molecular weight excluding hydrogens is 1010 g/mol. The van der Waals surface area contributed by atoms with Crippen molar-refractivity contribution in [2.45, 2.75) is 155 Å². The van der Waals surface area contributed by atoms with Gasteiger partial charge in [0.05, 0.1) is 32.2 Å². The molecule has 20 atom stereocenters. The van der Waals surface area contributed by atoms with E-state index in [2.05, 4.69) is 12.2 Å². The largest absolute Gasteiger partial charge is 0.394 e. The van der Waals surface area contributed by atoms with Gasteiger partial charge >= 0.3 is 0 Å². The van der Waals surface area contributed by atoms with Crippen LogP contribution in [0.5, 0.6) is 0 Å². The first-order valence-electron chi connectivity index (χ1n) is 23.7. The Morgan fingerprint density at radius 2 is 0.986 bits per heavy atom. The van der Waals surface area contributed by atoms with E-state index in [1.807, 2.05) is 0 Å². The van der Waals surface area contributed by atoms with E-state index in [9.17, 15) is 66.1 Å². The highest BCUT2D eigenvalue weighted by Crippen LogP contribution is 2.31. The molecule has 0 aromatic carbocycles. The molecule has 0 aromatic rings. The summed E-state index contributed by atoms with van der Waals surface area (Å²) < 4.78 is 52.4. The minimum absolute atomic E-state index is 0.0566. The van der Waals surface area contributed by atoms with Crippen LogP contribution in [0.2, 0.25) is 0 Å². The number of rotatable bonds is 33. The van der Waals surface area contributed by atoms with E-state index in [-0.39, 0.29) is 31.5 Å². The van der Waals surface area contributed by atoms with E-state index < -0.39 is 148 Å². The number of ether oxygens (including phenoxy) is 9. The summed E-state index contributed by atoms with van der Waals surface area (Å²) in [6.45, 7) is 1.08. The van der Waals surface area contributed by atoms with Gasteiger partial charge in [-0.15, -0.1) is 11.8 Å². The fraction of sp³-hybridized carbons (Fsp3) is 0.976. The van der Waals surface area contributed by atoms with Crippen LogP contribution < -0.4 is 11.1 Å². The minimum Gasteiger partial charge on any atom is -0.394 e. The number of hydrogen-bond donors (Lipinski definition) is 14. The zero-order chi connectivity index (χ0) is 51.2. The van der Waals surface area contributed by atoms with Gasteiger partial charge in [-0.05, 0) is 48.7 Å². The molecule has 2 unspecified atom stereocenters. The molecule has 4 saturated heterocycles. The fourth-order valence-electron chi connectivity index (χ4n) is 7.69. The molecule has 70 heavy (non-hydrogen) atoms. The monoisotopic (exact) mass is 1090 g/mol. The molecule has 15 N–H and O–H groups in total. The zero-order valence-corrected chi connectivity index (χ0v) is 42.6. The quantitative estimate of drug-likeness (QED) is 0.0273. The number of nitrogens with one attached hydrogen (secondary N) is 1. The van der Waals surface area contributed by atoms with Crippen molar-refractivity contribution in [2.75, 3.05) is 99.6 Å². The van der Waals surface area contributed by atoms with Crippen molar-refractivity contribution in [1.82, 2.24) is 5.32 Å². The second kappa shape index (κ2) is 33.9. The number of carbonyl (C=O) groups is 1. The molecular formula is C42H78N2O22S4. The van der Waals surface area contributed by atoms with Crippen LogP contribution >= 0.6 is 47.0 Å². The molecule has 412 valence electrons. The summed E-state index contributed by atoms with van der Waals surface area (Å²) >= 11 is 5.77. The van der Waals surface area contributed by atoms with Crippen molar-refractivity contribution < 1.29 is 109 Å². The van der Waals surface area contributed by atoms with Crippen molar-refractivity contribution in [3.63, 3.8) is 0 Å². The normalized spacial score (nSPS) is 38.2. The molecule has 28 heteroatoms. The molecule has 0 radical (unpaired) electrons. The first-order chi connectivity index (χ1) is 33.7. The van der Waals surface area contributed by atoms with E-state index in [4.69, 9.17) is 48.4 Å². The van der Waals surface area contributed by atoms with Crippen LogP contribution in [0.15, 0.2) is 0 Å². The van der Waals surface area contributed by atoms with Crippen LogP contribution in [0, 0.1) is 0 Å². The molecule has 0 aliphatic carbocycles. The summed E-state index contributed by atoms with van der Waals surface area (Å²) in [5.74, 6) is 3.86. The van der Waals surface area contributed by atoms with Gasteiger partial charge in [0.15, 0.2) is 18.9 Å². The number of nitrogens with two attached hydrogens (primary N) is 1. The van der Waals surface area contributed by atoms with Crippen molar-refractivity contribution in [3.8, 4) is 0 Å². The van der Waals surface area contributed by atoms with Crippen LogP contribution in [0.25, 0.3) is 0 Å². The Balaban J connectivity index is 1.27. The lowest BCUT2D eigenvalue weighted by molar-refractivity contribution is -0.347. The maximum Gasteiger partial charge on any atom is 0.230 e. The molecule has 0 saturated carbocycles. The lowest BCUT2D eigenvalue weighted by Crippen LogP contribution is -2.63. The van der Waals surface area contributed by atoms with E-state index in [0.29, 0.717) is 49.6 Å². The van der Waals surface area contributed by atoms with Crippen LogP contribution in [-0.2, 0) is 47.4 Å². The predicted molar refractivity (Wildman–Crippen MR) is 257 cm³/mol. The van der Waals surface area contributed by atoms with Gasteiger partial charge in [-0.3, -0.25) is 4.79 Å². The highest BCUT2D eigenvalue weighted by atomic mass is 32.2. The molecule has 24 nitrogen and oxygen atoms in total. The molecule has 4 rings (SSSR count). The molecule has 1 amide bonds. The van der Waals surface area contributed by atoms with Gasteiger partial charge in [-0.1, -0.05) is 6.92 Å². The van der Waals surface area contributed by atoms with Gasteiger partial charge < -0.3 is 115 Å².